The number of anilines is 1. The van der Waals surface area contributed by atoms with Crippen LogP contribution in [0.5, 0.6) is 5.75 Å². The van der Waals surface area contributed by atoms with Gasteiger partial charge in [-0.15, -0.1) is 0 Å². The second kappa shape index (κ2) is 6.02. The number of hydrogen-bond donors (Lipinski definition) is 0. The van der Waals surface area contributed by atoms with Gasteiger partial charge in [-0.25, -0.2) is 9.97 Å². The van der Waals surface area contributed by atoms with E-state index in [4.69, 9.17) is 4.74 Å². The third kappa shape index (κ3) is 3.44. The predicted molar refractivity (Wildman–Crippen MR) is 79.6 cm³/mol. The standard InChI is InChI=1S/C14H16BrN3O/c1-10-16-13(15)8-14(17-10)18(2)9-11-6-4-5-7-12(11)19-3/h4-8H,9H2,1-3H3. The molecule has 0 saturated carbocycles. The Morgan fingerprint density at radius 2 is 2.00 bits per heavy atom. The number of ether oxygens (including phenoxy) is 1. The van der Waals surface area contributed by atoms with E-state index in [1.54, 1.807) is 7.11 Å². The highest BCUT2D eigenvalue weighted by Crippen LogP contribution is 2.22. The van der Waals surface area contributed by atoms with Crippen LogP contribution in [0.2, 0.25) is 0 Å². The lowest BCUT2D eigenvalue weighted by Gasteiger charge is -2.20. The van der Waals surface area contributed by atoms with Crippen LogP contribution in [-0.4, -0.2) is 24.1 Å². The molecule has 0 spiro atoms. The van der Waals surface area contributed by atoms with E-state index in [1.807, 2.05) is 38.2 Å². The summed E-state index contributed by atoms with van der Waals surface area (Å²) in [5.41, 5.74) is 1.12. The van der Waals surface area contributed by atoms with E-state index in [0.29, 0.717) is 0 Å². The number of para-hydroxylation sites is 1. The summed E-state index contributed by atoms with van der Waals surface area (Å²) in [6, 6.07) is 9.89. The molecule has 1 heterocycles. The van der Waals surface area contributed by atoms with Crippen LogP contribution in [0, 0.1) is 6.92 Å². The largest absolute Gasteiger partial charge is 0.496 e. The van der Waals surface area contributed by atoms with Crippen LogP contribution in [0.25, 0.3) is 0 Å². The minimum Gasteiger partial charge on any atom is -0.496 e. The lowest BCUT2D eigenvalue weighted by atomic mass is 10.2. The van der Waals surface area contributed by atoms with Crippen molar-refractivity contribution in [2.75, 3.05) is 19.1 Å². The first kappa shape index (κ1) is 13.8. The number of aryl methyl sites for hydroxylation is 1. The van der Waals surface area contributed by atoms with Crippen LogP contribution < -0.4 is 9.64 Å². The van der Waals surface area contributed by atoms with Crippen molar-refractivity contribution in [3.8, 4) is 5.75 Å². The molecule has 0 saturated heterocycles. The topological polar surface area (TPSA) is 38.2 Å². The molecule has 0 N–H and O–H groups in total. The highest BCUT2D eigenvalue weighted by atomic mass is 79.9. The smallest absolute Gasteiger partial charge is 0.133 e. The van der Waals surface area contributed by atoms with Crippen molar-refractivity contribution in [2.24, 2.45) is 0 Å². The van der Waals surface area contributed by atoms with Crippen molar-refractivity contribution in [2.45, 2.75) is 13.5 Å². The number of aromatic nitrogens is 2. The Morgan fingerprint density at radius 1 is 1.26 bits per heavy atom. The number of hydrogen-bond acceptors (Lipinski definition) is 4. The Kier molecular flexibility index (Phi) is 4.37. The maximum atomic E-state index is 5.36. The molecule has 4 nitrogen and oxygen atoms in total. The Morgan fingerprint density at radius 3 is 2.68 bits per heavy atom. The molecule has 0 amide bonds. The van der Waals surface area contributed by atoms with Gasteiger partial charge in [-0.1, -0.05) is 18.2 Å². The van der Waals surface area contributed by atoms with Crippen LogP contribution in [0.4, 0.5) is 5.82 Å². The lowest BCUT2D eigenvalue weighted by molar-refractivity contribution is 0.409. The normalized spacial score (nSPS) is 10.3. The average molecular weight is 322 g/mol. The molecular formula is C14H16BrN3O. The Hall–Kier alpha value is -1.62. The molecule has 0 atom stereocenters. The maximum absolute atomic E-state index is 5.36. The second-order valence-corrected chi connectivity index (χ2v) is 5.08. The van der Waals surface area contributed by atoms with E-state index in [9.17, 15) is 0 Å². The molecule has 0 fully saturated rings. The number of nitrogens with zero attached hydrogens (tertiary/aromatic N) is 3. The van der Waals surface area contributed by atoms with E-state index in [-0.39, 0.29) is 0 Å². The molecule has 100 valence electrons. The summed E-state index contributed by atoms with van der Waals surface area (Å²) in [6.45, 7) is 2.61. The molecular weight excluding hydrogens is 306 g/mol. The summed E-state index contributed by atoms with van der Waals surface area (Å²) in [4.78, 5) is 10.7. The minimum atomic E-state index is 0.729. The van der Waals surface area contributed by atoms with Crippen LogP contribution in [0.15, 0.2) is 34.9 Å². The van der Waals surface area contributed by atoms with Gasteiger partial charge in [0.1, 0.15) is 22.0 Å². The van der Waals surface area contributed by atoms with Crippen molar-refractivity contribution in [3.63, 3.8) is 0 Å². The number of halogens is 1. The van der Waals surface area contributed by atoms with Gasteiger partial charge in [0.05, 0.1) is 7.11 Å². The molecule has 1 aromatic carbocycles. The number of rotatable bonds is 4. The van der Waals surface area contributed by atoms with Gasteiger partial charge in [0, 0.05) is 25.2 Å². The molecule has 19 heavy (non-hydrogen) atoms. The van der Waals surface area contributed by atoms with Gasteiger partial charge in [0.15, 0.2) is 0 Å². The molecule has 0 aliphatic heterocycles. The first-order valence-electron chi connectivity index (χ1n) is 5.94. The maximum Gasteiger partial charge on any atom is 0.133 e. The van der Waals surface area contributed by atoms with Crippen molar-refractivity contribution in [1.29, 1.82) is 0 Å². The molecule has 5 heteroatoms. The lowest BCUT2D eigenvalue weighted by Crippen LogP contribution is -2.18. The first-order valence-corrected chi connectivity index (χ1v) is 6.73. The summed E-state index contributed by atoms with van der Waals surface area (Å²) in [5.74, 6) is 2.51. The zero-order valence-electron chi connectivity index (χ0n) is 11.2. The third-order valence-corrected chi connectivity index (χ3v) is 3.19. The summed E-state index contributed by atoms with van der Waals surface area (Å²) in [7, 11) is 3.69. The quantitative estimate of drug-likeness (QED) is 0.810. The van der Waals surface area contributed by atoms with Crippen LogP contribution >= 0.6 is 15.9 Å². The zero-order valence-corrected chi connectivity index (χ0v) is 12.8. The van der Waals surface area contributed by atoms with Gasteiger partial charge in [0.25, 0.3) is 0 Å². The molecule has 2 rings (SSSR count). The van der Waals surface area contributed by atoms with Crippen molar-refractivity contribution in [1.82, 2.24) is 9.97 Å². The summed E-state index contributed by atoms with van der Waals surface area (Å²) >= 11 is 3.39. The molecule has 0 bridgehead atoms. The van der Waals surface area contributed by atoms with Gasteiger partial charge in [0.2, 0.25) is 0 Å². The Labute approximate surface area is 121 Å². The van der Waals surface area contributed by atoms with Crippen LogP contribution in [-0.2, 0) is 6.54 Å². The van der Waals surface area contributed by atoms with Crippen LogP contribution in [0.1, 0.15) is 11.4 Å². The van der Waals surface area contributed by atoms with Gasteiger partial charge in [-0.05, 0) is 28.9 Å². The van der Waals surface area contributed by atoms with Gasteiger partial charge < -0.3 is 9.64 Å². The Balaban J connectivity index is 2.22. The molecule has 2 aromatic rings. The van der Waals surface area contributed by atoms with Crippen molar-refractivity contribution < 1.29 is 4.74 Å². The Bertz CT molecular complexity index is 554. The van der Waals surface area contributed by atoms with E-state index in [1.165, 1.54) is 0 Å². The molecule has 0 radical (unpaired) electrons. The van der Waals surface area contributed by atoms with Crippen molar-refractivity contribution in [3.05, 3.63) is 46.3 Å². The summed E-state index contributed by atoms with van der Waals surface area (Å²) in [5, 5.41) is 0. The molecule has 1 aromatic heterocycles. The fourth-order valence-corrected chi connectivity index (χ4v) is 2.34. The predicted octanol–water partition coefficient (Wildman–Crippen LogP) is 3.19. The number of benzene rings is 1. The van der Waals surface area contributed by atoms with E-state index < -0.39 is 0 Å². The summed E-state index contributed by atoms with van der Waals surface area (Å²) in [6.07, 6.45) is 0. The second-order valence-electron chi connectivity index (χ2n) is 4.26. The molecule has 0 aliphatic rings. The van der Waals surface area contributed by atoms with Crippen LogP contribution in [0.3, 0.4) is 0 Å². The highest BCUT2D eigenvalue weighted by Gasteiger charge is 2.09. The third-order valence-electron chi connectivity index (χ3n) is 2.78. The van der Waals surface area contributed by atoms with Crippen molar-refractivity contribution >= 4 is 21.7 Å². The SMILES string of the molecule is COc1ccccc1CN(C)c1cc(Br)nc(C)n1. The monoisotopic (exact) mass is 321 g/mol. The van der Waals surface area contributed by atoms with Gasteiger partial charge in [-0.2, -0.15) is 0 Å². The average Bonchev–Trinajstić information content (AvgIpc) is 2.38. The number of methoxy groups -OCH3 is 1. The van der Waals surface area contributed by atoms with E-state index in [2.05, 4.69) is 36.9 Å². The van der Waals surface area contributed by atoms with E-state index in [0.717, 1.165) is 34.1 Å². The summed E-state index contributed by atoms with van der Waals surface area (Å²) < 4.78 is 6.15. The van der Waals surface area contributed by atoms with Gasteiger partial charge in [-0.3, -0.25) is 0 Å². The zero-order chi connectivity index (χ0) is 13.8. The fraction of sp³-hybridized carbons (Fsp3) is 0.286. The van der Waals surface area contributed by atoms with Gasteiger partial charge >= 0.3 is 0 Å². The fourth-order valence-electron chi connectivity index (χ4n) is 1.88. The highest BCUT2D eigenvalue weighted by molar-refractivity contribution is 9.10. The minimum absolute atomic E-state index is 0.729. The molecule has 0 aliphatic carbocycles. The van der Waals surface area contributed by atoms with E-state index >= 15 is 0 Å². The molecule has 0 unspecified atom stereocenters. The first-order chi connectivity index (χ1) is 9.10.